The standard InChI is InChI=1S/C12H17ClFN/c1-8(7-15)3-4-10-6-12(14)9(2)5-11(10)13/h5-6,8H,3-4,7,15H2,1-2H3. The molecule has 0 saturated heterocycles. The van der Waals surface area contributed by atoms with Crippen molar-refractivity contribution in [3.8, 4) is 0 Å². The van der Waals surface area contributed by atoms with Gasteiger partial charge in [0.1, 0.15) is 5.82 Å². The van der Waals surface area contributed by atoms with E-state index in [0.29, 0.717) is 23.0 Å². The quantitative estimate of drug-likeness (QED) is 0.842. The topological polar surface area (TPSA) is 26.0 Å². The molecule has 84 valence electrons. The second-order valence-electron chi connectivity index (χ2n) is 4.07. The van der Waals surface area contributed by atoms with Crippen molar-refractivity contribution < 1.29 is 4.39 Å². The summed E-state index contributed by atoms with van der Waals surface area (Å²) in [5, 5.41) is 0.651. The maximum atomic E-state index is 13.3. The van der Waals surface area contributed by atoms with Crippen molar-refractivity contribution in [1.29, 1.82) is 0 Å². The van der Waals surface area contributed by atoms with Crippen molar-refractivity contribution >= 4 is 11.6 Å². The van der Waals surface area contributed by atoms with E-state index < -0.39 is 0 Å². The molecule has 0 aliphatic heterocycles. The van der Waals surface area contributed by atoms with E-state index in [-0.39, 0.29) is 5.82 Å². The summed E-state index contributed by atoms with van der Waals surface area (Å²) in [6, 6.07) is 3.21. The molecule has 1 aromatic rings. The van der Waals surface area contributed by atoms with E-state index >= 15 is 0 Å². The van der Waals surface area contributed by atoms with Crippen LogP contribution in [-0.2, 0) is 6.42 Å². The molecule has 1 unspecified atom stereocenters. The number of halogens is 2. The lowest BCUT2D eigenvalue weighted by Crippen LogP contribution is -2.11. The van der Waals surface area contributed by atoms with Crippen LogP contribution in [0.4, 0.5) is 4.39 Å². The number of hydrogen-bond donors (Lipinski definition) is 1. The van der Waals surface area contributed by atoms with Gasteiger partial charge in [0.2, 0.25) is 0 Å². The number of nitrogens with two attached hydrogens (primary N) is 1. The van der Waals surface area contributed by atoms with Gasteiger partial charge in [0, 0.05) is 5.02 Å². The Balaban J connectivity index is 2.73. The van der Waals surface area contributed by atoms with Gasteiger partial charge in [0.05, 0.1) is 0 Å². The van der Waals surface area contributed by atoms with Crippen molar-refractivity contribution in [1.82, 2.24) is 0 Å². The molecule has 1 nitrogen and oxygen atoms in total. The number of rotatable bonds is 4. The summed E-state index contributed by atoms with van der Waals surface area (Å²) in [5.74, 6) is 0.264. The zero-order chi connectivity index (χ0) is 11.4. The van der Waals surface area contributed by atoms with E-state index in [1.54, 1.807) is 13.0 Å². The first kappa shape index (κ1) is 12.5. The summed E-state index contributed by atoms with van der Waals surface area (Å²) < 4.78 is 13.3. The second-order valence-corrected chi connectivity index (χ2v) is 4.48. The van der Waals surface area contributed by atoms with E-state index in [2.05, 4.69) is 6.92 Å². The predicted molar refractivity (Wildman–Crippen MR) is 62.7 cm³/mol. The van der Waals surface area contributed by atoms with Gasteiger partial charge in [-0.15, -0.1) is 0 Å². The Bertz CT molecular complexity index is 339. The number of hydrogen-bond acceptors (Lipinski definition) is 1. The van der Waals surface area contributed by atoms with Crippen LogP contribution in [0, 0.1) is 18.7 Å². The zero-order valence-corrected chi connectivity index (χ0v) is 9.94. The fourth-order valence-electron chi connectivity index (χ4n) is 1.40. The van der Waals surface area contributed by atoms with Crippen LogP contribution in [0.5, 0.6) is 0 Å². The van der Waals surface area contributed by atoms with Gasteiger partial charge in [0.25, 0.3) is 0 Å². The largest absolute Gasteiger partial charge is 0.330 e. The van der Waals surface area contributed by atoms with Crippen LogP contribution in [0.1, 0.15) is 24.5 Å². The van der Waals surface area contributed by atoms with Crippen LogP contribution in [0.15, 0.2) is 12.1 Å². The van der Waals surface area contributed by atoms with Gasteiger partial charge in [-0.25, -0.2) is 4.39 Å². The van der Waals surface area contributed by atoms with Gasteiger partial charge >= 0.3 is 0 Å². The van der Waals surface area contributed by atoms with Gasteiger partial charge in [-0.2, -0.15) is 0 Å². The first-order valence-corrected chi connectivity index (χ1v) is 5.57. The third kappa shape index (κ3) is 3.47. The Morgan fingerprint density at radius 3 is 2.73 bits per heavy atom. The first-order chi connectivity index (χ1) is 7.04. The Morgan fingerprint density at radius 2 is 2.13 bits per heavy atom. The van der Waals surface area contributed by atoms with Crippen LogP contribution in [0.2, 0.25) is 5.02 Å². The summed E-state index contributed by atoms with van der Waals surface area (Å²) in [7, 11) is 0. The molecule has 15 heavy (non-hydrogen) atoms. The molecule has 0 bridgehead atoms. The third-order valence-electron chi connectivity index (χ3n) is 2.64. The summed E-state index contributed by atoms with van der Waals surface area (Å²) >= 11 is 6.03. The van der Waals surface area contributed by atoms with E-state index in [1.807, 2.05) is 0 Å². The highest BCUT2D eigenvalue weighted by molar-refractivity contribution is 6.31. The van der Waals surface area contributed by atoms with E-state index in [4.69, 9.17) is 17.3 Å². The summed E-state index contributed by atoms with van der Waals surface area (Å²) in [4.78, 5) is 0. The lowest BCUT2D eigenvalue weighted by molar-refractivity contribution is 0.542. The zero-order valence-electron chi connectivity index (χ0n) is 9.19. The maximum absolute atomic E-state index is 13.3. The van der Waals surface area contributed by atoms with Crippen LogP contribution in [0.25, 0.3) is 0 Å². The lowest BCUT2D eigenvalue weighted by Gasteiger charge is -2.10. The minimum Gasteiger partial charge on any atom is -0.330 e. The molecule has 0 heterocycles. The predicted octanol–water partition coefficient (Wildman–Crippen LogP) is 3.31. The lowest BCUT2D eigenvalue weighted by atomic mass is 10.0. The molecule has 2 N–H and O–H groups in total. The molecular formula is C12H17ClFN. The molecule has 1 rings (SSSR count). The second kappa shape index (κ2) is 5.47. The Labute approximate surface area is 95.4 Å². The first-order valence-electron chi connectivity index (χ1n) is 5.19. The molecule has 0 aliphatic rings. The Morgan fingerprint density at radius 1 is 1.47 bits per heavy atom. The highest BCUT2D eigenvalue weighted by atomic mass is 35.5. The molecule has 0 saturated carbocycles. The van der Waals surface area contributed by atoms with Gasteiger partial charge in [0.15, 0.2) is 0 Å². The molecule has 0 radical (unpaired) electrons. The number of aryl methyl sites for hydroxylation is 2. The highest BCUT2D eigenvalue weighted by Crippen LogP contribution is 2.22. The highest BCUT2D eigenvalue weighted by Gasteiger charge is 2.07. The van der Waals surface area contributed by atoms with E-state index in [9.17, 15) is 4.39 Å². The van der Waals surface area contributed by atoms with E-state index in [1.165, 1.54) is 6.07 Å². The number of benzene rings is 1. The molecule has 0 amide bonds. The maximum Gasteiger partial charge on any atom is 0.126 e. The van der Waals surface area contributed by atoms with Gasteiger partial charge in [-0.05, 0) is 55.5 Å². The van der Waals surface area contributed by atoms with Crippen molar-refractivity contribution in [2.75, 3.05) is 6.54 Å². The third-order valence-corrected chi connectivity index (χ3v) is 2.99. The molecule has 0 aliphatic carbocycles. The van der Waals surface area contributed by atoms with Crippen molar-refractivity contribution in [2.24, 2.45) is 11.7 Å². The molecule has 1 atom stereocenters. The fraction of sp³-hybridized carbons (Fsp3) is 0.500. The molecule has 0 fully saturated rings. The van der Waals surface area contributed by atoms with Gasteiger partial charge in [-0.1, -0.05) is 18.5 Å². The molecular weight excluding hydrogens is 213 g/mol. The van der Waals surface area contributed by atoms with Crippen molar-refractivity contribution in [2.45, 2.75) is 26.7 Å². The summed E-state index contributed by atoms with van der Waals surface area (Å²) in [6.07, 6.45) is 1.73. The van der Waals surface area contributed by atoms with Crippen LogP contribution in [-0.4, -0.2) is 6.54 Å². The van der Waals surface area contributed by atoms with Crippen molar-refractivity contribution in [3.63, 3.8) is 0 Å². The normalized spacial score (nSPS) is 12.9. The Hall–Kier alpha value is -0.600. The molecule has 0 aromatic heterocycles. The van der Waals surface area contributed by atoms with Crippen LogP contribution in [0.3, 0.4) is 0 Å². The minimum atomic E-state index is -0.185. The average molecular weight is 230 g/mol. The fourth-order valence-corrected chi connectivity index (χ4v) is 1.71. The minimum absolute atomic E-state index is 0.185. The van der Waals surface area contributed by atoms with Crippen LogP contribution < -0.4 is 5.73 Å². The van der Waals surface area contributed by atoms with Gasteiger partial charge < -0.3 is 5.73 Å². The monoisotopic (exact) mass is 229 g/mol. The smallest absolute Gasteiger partial charge is 0.126 e. The average Bonchev–Trinajstić information content (AvgIpc) is 2.21. The summed E-state index contributed by atoms with van der Waals surface area (Å²) in [6.45, 7) is 4.46. The molecule has 0 spiro atoms. The molecule has 1 aromatic carbocycles. The van der Waals surface area contributed by atoms with Crippen LogP contribution >= 0.6 is 11.6 Å². The van der Waals surface area contributed by atoms with E-state index in [0.717, 1.165) is 18.4 Å². The van der Waals surface area contributed by atoms with Gasteiger partial charge in [-0.3, -0.25) is 0 Å². The SMILES string of the molecule is Cc1cc(Cl)c(CCC(C)CN)cc1F. The molecule has 3 heteroatoms. The summed E-state index contributed by atoms with van der Waals surface area (Å²) in [5.41, 5.74) is 6.99. The Kier molecular flexibility index (Phi) is 4.55. The van der Waals surface area contributed by atoms with Crippen molar-refractivity contribution in [3.05, 3.63) is 34.1 Å².